The van der Waals surface area contributed by atoms with Crippen molar-refractivity contribution in [1.82, 2.24) is 4.98 Å². The molecule has 1 aliphatic heterocycles. The molecule has 1 fully saturated rings. The Morgan fingerprint density at radius 1 is 1.62 bits per heavy atom. The zero-order valence-corrected chi connectivity index (χ0v) is 8.67. The average molecular weight is 225 g/mol. The summed E-state index contributed by atoms with van der Waals surface area (Å²) in [6, 6.07) is 4.69. The van der Waals surface area contributed by atoms with Gasteiger partial charge in [0.1, 0.15) is 5.82 Å². The Morgan fingerprint density at radius 3 is 3.25 bits per heavy atom. The largest absolute Gasteiger partial charge is 0.354 e. The molecule has 1 aliphatic rings. The molecule has 2 rings (SSSR count). The highest BCUT2D eigenvalue weighted by Gasteiger charge is 2.24. The molecule has 0 unspecified atom stereocenters. The van der Waals surface area contributed by atoms with Crippen molar-refractivity contribution in [2.24, 2.45) is 5.18 Å². The number of pyridine rings is 1. The molecule has 2 heterocycles. The van der Waals surface area contributed by atoms with E-state index < -0.39 is 5.95 Å². The number of anilines is 1. The Bertz CT molecular complexity index is 375. The van der Waals surface area contributed by atoms with Crippen molar-refractivity contribution in [1.29, 1.82) is 0 Å². The predicted molar refractivity (Wildman–Crippen MR) is 56.6 cm³/mol. The summed E-state index contributed by atoms with van der Waals surface area (Å²) in [5.74, 6) is 0.113. The molecule has 0 radical (unpaired) electrons. The number of ether oxygens (including phenoxy) is 1. The smallest absolute Gasteiger partial charge is 0.214 e. The van der Waals surface area contributed by atoms with E-state index in [4.69, 9.17) is 4.74 Å². The van der Waals surface area contributed by atoms with E-state index in [1.165, 1.54) is 6.07 Å². The van der Waals surface area contributed by atoms with Crippen LogP contribution in [0, 0.1) is 10.9 Å². The monoisotopic (exact) mass is 225 g/mol. The molecule has 1 atom stereocenters. The second kappa shape index (κ2) is 4.98. The minimum Gasteiger partial charge on any atom is -0.354 e. The zero-order valence-electron chi connectivity index (χ0n) is 8.67. The van der Waals surface area contributed by atoms with Gasteiger partial charge in [0.25, 0.3) is 0 Å². The summed E-state index contributed by atoms with van der Waals surface area (Å²) >= 11 is 0. The first kappa shape index (κ1) is 10.9. The molecule has 1 aromatic rings. The molecular weight excluding hydrogens is 213 g/mol. The summed E-state index contributed by atoms with van der Waals surface area (Å²) in [6.07, 6.45) is 0.774. The van der Waals surface area contributed by atoms with Crippen molar-refractivity contribution >= 4 is 5.82 Å². The fraction of sp³-hybridized carbons (Fsp3) is 0.500. The van der Waals surface area contributed by atoms with E-state index >= 15 is 0 Å². The molecule has 5 nitrogen and oxygen atoms in total. The number of rotatable bonds is 4. The topological polar surface area (TPSA) is 54.8 Å². The van der Waals surface area contributed by atoms with Crippen LogP contribution in [0.15, 0.2) is 23.4 Å². The van der Waals surface area contributed by atoms with E-state index in [9.17, 15) is 9.30 Å². The van der Waals surface area contributed by atoms with Gasteiger partial charge in [-0.2, -0.15) is 4.39 Å². The van der Waals surface area contributed by atoms with Gasteiger partial charge >= 0.3 is 0 Å². The van der Waals surface area contributed by atoms with Gasteiger partial charge in [-0.15, -0.1) is 4.91 Å². The van der Waals surface area contributed by atoms with Crippen molar-refractivity contribution in [3.63, 3.8) is 0 Å². The minimum atomic E-state index is -0.489. The molecule has 1 aromatic heterocycles. The van der Waals surface area contributed by atoms with Crippen molar-refractivity contribution in [3.05, 3.63) is 29.1 Å². The molecule has 0 aromatic carbocycles. The number of hydrogen-bond donors (Lipinski definition) is 0. The SMILES string of the molecule is O=NCO[C@@H]1CCN(c2cccc(F)n2)C1. The summed E-state index contributed by atoms with van der Waals surface area (Å²) < 4.78 is 18.1. The summed E-state index contributed by atoms with van der Waals surface area (Å²) in [7, 11) is 0. The van der Waals surface area contributed by atoms with Crippen molar-refractivity contribution in [2.45, 2.75) is 12.5 Å². The van der Waals surface area contributed by atoms with Crippen LogP contribution in [0.5, 0.6) is 0 Å². The maximum Gasteiger partial charge on any atom is 0.214 e. The molecule has 16 heavy (non-hydrogen) atoms. The Balaban J connectivity index is 1.95. The quantitative estimate of drug-likeness (QED) is 0.576. The molecule has 0 saturated carbocycles. The predicted octanol–water partition coefficient (Wildman–Crippen LogP) is 1.54. The number of aromatic nitrogens is 1. The Labute approximate surface area is 92.2 Å². The van der Waals surface area contributed by atoms with Gasteiger partial charge in [0, 0.05) is 13.1 Å². The highest BCUT2D eigenvalue weighted by atomic mass is 19.1. The van der Waals surface area contributed by atoms with Gasteiger partial charge in [0.15, 0.2) is 6.73 Å². The molecule has 0 amide bonds. The third-order valence-corrected chi connectivity index (χ3v) is 2.53. The highest BCUT2D eigenvalue weighted by Crippen LogP contribution is 2.19. The van der Waals surface area contributed by atoms with E-state index in [0.717, 1.165) is 13.0 Å². The first-order valence-electron chi connectivity index (χ1n) is 5.08. The average Bonchev–Trinajstić information content (AvgIpc) is 2.75. The van der Waals surface area contributed by atoms with Crippen LogP contribution < -0.4 is 4.90 Å². The fourth-order valence-corrected chi connectivity index (χ4v) is 1.78. The van der Waals surface area contributed by atoms with Crippen LogP contribution >= 0.6 is 0 Å². The van der Waals surface area contributed by atoms with E-state index in [0.29, 0.717) is 12.4 Å². The van der Waals surface area contributed by atoms with Crippen LogP contribution in [0.25, 0.3) is 0 Å². The van der Waals surface area contributed by atoms with E-state index in [2.05, 4.69) is 10.2 Å². The van der Waals surface area contributed by atoms with Crippen molar-refractivity contribution < 1.29 is 9.13 Å². The second-order valence-electron chi connectivity index (χ2n) is 3.60. The first-order valence-corrected chi connectivity index (χ1v) is 5.08. The molecular formula is C10H12FN3O2. The molecule has 0 N–H and O–H groups in total. The summed E-state index contributed by atoms with van der Waals surface area (Å²) in [4.78, 5) is 15.6. The number of nitrogens with zero attached hydrogens (tertiary/aromatic N) is 3. The minimum absolute atomic E-state index is 0.0252. The second-order valence-corrected chi connectivity index (χ2v) is 3.60. The number of hydrogen-bond acceptors (Lipinski definition) is 5. The normalized spacial score (nSPS) is 20.1. The zero-order chi connectivity index (χ0) is 11.4. The van der Waals surface area contributed by atoms with Gasteiger partial charge in [0.05, 0.1) is 6.10 Å². The first-order chi connectivity index (χ1) is 7.79. The van der Waals surface area contributed by atoms with Crippen molar-refractivity contribution in [3.8, 4) is 0 Å². The van der Waals surface area contributed by atoms with Gasteiger partial charge in [-0.25, -0.2) is 4.98 Å². The van der Waals surface area contributed by atoms with Crippen LogP contribution in [0.2, 0.25) is 0 Å². The highest BCUT2D eigenvalue weighted by molar-refractivity contribution is 5.39. The van der Waals surface area contributed by atoms with Gasteiger partial charge in [-0.3, -0.25) is 0 Å². The van der Waals surface area contributed by atoms with Gasteiger partial charge in [-0.05, 0) is 23.7 Å². The summed E-state index contributed by atoms with van der Waals surface area (Å²) in [5.41, 5.74) is 0. The van der Waals surface area contributed by atoms with Gasteiger partial charge in [0.2, 0.25) is 5.95 Å². The lowest BCUT2D eigenvalue weighted by molar-refractivity contribution is 0.0737. The summed E-state index contributed by atoms with van der Waals surface area (Å²) in [5, 5.41) is 2.64. The molecule has 0 bridgehead atoms. The van der Waals surface area contributed by atoms with Gasteiger partial charge in [-0.1, -0.05) is 6.07 Å². The standard InChI is InChI=1S/C10H12FN3O2/c11-9-2-1-3-10(13-9)14-5-4-8(6-14)16-7-12-15/h1-3,8H,4-7H2/t8-/m1/s1. The summed E-state index contributed by atoms with van der Waals surface area (Å²) in [6.45, 7) is 1.24. The maximum atomic E-state index is 12.9. The van der Waals surface area contributed by atoms with Crippen LogP contribution in [0.4, 0.5) is 10.2 Å². The molecule has 86 valence electrons. The van der Waals surface area contributed by atoms with Crippen LogP contribution in [-0.2, 0) is 4.74 Å². The third-order valence-electron chi connectivity index (χ3n) is 2.53. The number of nitroso groups, excluding NO2 is 1. The Hall–Kier alpha value is -1.56. The lowest BCUT2D eigenvalue weighted by Gasteiger charge is -2.16. The maximum absolute atomic E-state index is 12.9. The molecule has 0 aliphatic carbocycles. The lowest BCUT2D eigenvalue weighted by atomic mass is 10.3. The Kier molecular flexibility index (Phi) is 3.40. The lowest BCUT2D eigenvalue weighted by Crippen LogP contribution is -2.23. The van der Waals surface area contributed by atoms with Gasteiger partial charge < -0.3 is 9.64 Å². The molecule has 6 heteroatoms. The van der Waals surface area contributed by atoms with Crippen molar-refractivity contribution in [2.75, 3.05) is 24.7 Å². The number of halogens is 1. The van der Waals surface area contributed by atoms with Crippen LogP contribution in [0.3, 0.4) is 0 Å². The van der Waals surface area contributed by atoms with E-state index in [1.807, 2.05) is 4.90 Å². The van der Waals surface area contributed by atoms with Crippen LogP contribution in [-0.4, -0.2) is 30.9 Å². The van der Waals surface area contributed by atoms with E-state index in [1.54, 1.807) is 12.1 Å². The molecule has 0 spiro atoms. The fourth-order valence-electron chi connectivity index (χ4n) is 1.78. The van der Waals surface area contributed by atoms with Crippen LogP contribution in [0.1, 0.15) is 6.42 Å². The Morgan fingerprint density at radius 2 is 2.50 bits per heavy atom. The third kappa shape index (κ3) is 2.52. The molecule has 1 saturated heterocycles. The van der Waals surface area contributed by atoms with E-state index in [-0.39, 0.29) is 12.8 Å².